The summed E-state index contributed by atoms with van der Waals surface area (Å²) in [4.78, 5) is 25.5. The number of carbonyl (C=O) groups is 1. The summed E-state index contributed by atoms with van der Waals surface area (Å²) >= 11 is 6.08. The van der Waals surface area contributed by atoms with Gasteiger partial charge in [0.25, 0.3) is 0 Å². The maximum absolute atomic E-state index is 11.3. The van der Waals surface area contributed by atoms with Gasteiger partial charge in [-0.3, -0.25) is 4.98 Å². The van der Waals surface area contributed by atoms with Crippen molar-refractivity contribution in [2.24, 2.45) is 0 Å². The van der Waals surface area contributed by atoms with Gasteiger partial charge in [-0.1, -0.05) is 17.7 Å². The van der Waals surface area contributed by atoms with E-state index >= 15 is 0 Å². The summed E-state index contributed by atoms with van der Waals surface area (Å²) in [5.41, 5.74) is 7.24. The average molecular weight is 290 g/mol. The van der Waals surface area contributed by atoms with E-state index in [2.05, 4.69) is 15.0 Å². The Hall–Kier alpha value is -2.21. The quantitative estimate of drug-likeness (QED) is 0.676. The molecule has 0 aliphatic carbocycles. The van der Waals surface area contributed by atoms with E-state index in [0.29, 0.717) is 23.9 Å². The summed E-state index contributed by atoms with van der Waals surface area (Å²) in [5.74, 6) is 0.719. The van der Waals surface area contributed by atoms with Crippen LogP contribution in [0.3, 0.4) is 0 Å². The van der Waals surface area contributed by atoms with Crippen molar-refractivity contribution in [3.05, 3.63) is 40.8 Å². The Morgan fingerprint density at radius 1 is 1.45 bits per heavy atom. The van der Waals surface area contributed by atoms with E-state index in [9.17, 15) is 4.79 Å². The van der Waals surface area contributed by atoms with Gasteiger partial charge in [-0.25, -0.2) is 4.98 Å². The van der Waals surface area contributed by atoms with Crippen molar-refractivity contribution in [1.82, 2.24) is 15.0 Å². The van der Waals surface area contributed by atoms with Gasteiger partial charge in [0.2, 0.25) is 5.95 Å². The minimum atomic E-state index is -0.319. The number of halogens is 1. The maximum Gasteiger partial charge on any atom is 0.223 e. The molecule has 0 fully saturated rings. The molecule has 3 rings (SSSR count). The third kappa shape index (κ3) is 2.18. The minimum Gasteiger partial charge on any atom is -0.368 e. The van der Waals surface area contributed by atoms with Crippen molar-refractivity contribution >= 4 is 29.7 Å². The third-order valence-corrected chi connectivity index (χ3v) is 3.57. The molecule has 1 aliphatic heterocycles. The first-order valence-electron chi connectivity index (χ1n) is 6.12. The molecule has 7 heteroatoms. The first-order chi connectivity index (χ1) is 9.69. The van der Waals surface area contributed by atoms with Crippen LogP contribution in [0.1, 0.15) is 11.3 Å². The molecule has 0 saturated heterocycles. The Bertz CT molecular complexity index is 649. The molecule has 0 spiro atoms. The van der Waals surface area contributed by atoms with E-state index in [4.69, 9.17) is 17.3 Å². The normalized spacial score (nSPS) is 17.1. The number of nitrogens with zero attached hydrogens (tertiary/aromatic N) is 4. The number of hydrogen-bond acceptors (Lipinski definition) is 6. The van der Waals surface area contributed by atoms with Crippen molar-refractivity contribution in [3.8, 4) is 0 Å². The molecule has 2 N–H and O–H groups in total. The fourth-order valence-electron chi connectivity index (χ4n) is 2.33. The zero-order chi connectivity index (χ0) is 14.1. The highest BCUT2D eigenvalue weighted by Gasteiger charge is 2.33. The van der Waals surface area contributed by atoms with Crippen LogP contribution in [-0.4, -0.2) is 27.3 Å². The Morgan fingerprint density at radius 2 is 2.30 bits per heavy atom. The van der Waals surface area contributed by atoms with Crippen molar-refractivity contribution in [3.63, 3.8) is 0 Å². The van der Waals surface area contributed by atoms with E-state index < -0.39 is 0 Å². The van der Waals surface area contributed by atoms with Crippen LogP contribution in [0.4, 0.5) is 11.8 Å². The lowest BCUT2D eigenvalue weighted by Gasteiger charge is -2.22. The van der Waals surface area contributed by atoms with E-state index in [-0.39, 0.29) is 12.0 Å². The van der Waals surface area contributed by atoms with Gasteiger partial charge < -0.3 is 15.4 Å². The van der Waals surface area contributed by atoms with Gasteiger partial charge >= 0.3 is 0 Å². The standard InChI is InChI=1S/C13H12ClN5O/c14-11-10-5-9(7-20)19(12(10)18-13(15)17-11)6-8-3-1-2-4-16-8/h1-4,7,9H,5-6H2,(H2,15,17,18). The second-order valence-electron chi connectivity index (χ2n) is 4.53. The predicted octanol–water partition coefficient (Wildman–Crippen LogP) is 1.24. The number of nitrogens with two attached hydrogens (primary N) is 1. The van der Waals surface area contributed by atoms with Crippen LogP contribution in [-0.2, 0) is 17.8 Å². The van der Waals surface area contributed by atoms with Crippen molar-refractivity contribution < 1.29 is 4.79 Å². The molecule has 6 nitrogen and oxygen atoms in total. The number of anilines is 2. The topological polar surface area (TPSA) is 85.0 Å². The number of rotatable bonds is 3. The number of pyridine rings is 1. The summed E-state index contributed by atoms with van der Waals surface area (Å²) in [6.45, 7) is 0.476. The highest BCUT2D eigenvalue weighted by atomic mass is 35.5. The van der Waals surface area contributed by atoms with Crippen molar-refractivity contribution in [1.29, 1.82) is 0 Å². The molecule has 1 aliphatic rings. The van der Waals surface area contributed by atoms with Crippen LogP contribution in [0.2, 0.25) is 5.15 Å². The Morgan fingerprint density at radius 3 is 3.00 bits per heavy atom. The van der Waals surface area contributed by atoms with Crippen LogP contribution >= 0.6 is 11.6 Å². The van der Waals surface area contributed by atoms with E-state index in [1.165, 1.54) is 0 Å². The molecule has 102 valence electrons. The summed E-state index contributed by atoms with van der Waals surface area (Å²) in [7, 11) is 0. The number of carbonyl (C=O) groups excluding carboxylic acids is 1. The summed E-state index contributed by atoms with van der Waals surface area (Å²) < 4.78 is 0. The number of hydrogen-bond donors (Lipinski definition) is 1. The molecule has 2 aromatic heterocycles. The Kier molecular flexibility index (Phi) is 3.23. The lowest BCUT2D eigenvalue weighted by molar-refractivity contribution is -0.108. The molecular formula is C13H12ClN5O. The van der Waals surface area contributed by atoms with Crippen LogP contribution in [0, 0.1) is 0 Å². The second-order valence-corrected chi connectivity index (χ2v) is 4.89. The molecule has 2 aromatic rings. The fourth-order valence-corrected chi connectivity index (χ4v) is 2.58. The largest absolute Gasteiger partial charge is 0.368 e. The van der Waals surface area contributed by atoms with E-state index in [0.717, 1.165) is 17.5 Å². The van der Waals surface area contributed by atoms with Gasteiger partial charge in [-0.2, -0.15) is 4.98 Å². The van der Waals surface area contributed by atoms with Crippen molar-refractivity contribution in [2.45, 2.75) is 19.0 Å². The molecule has 0 saturated carbocycles. The molecule has 3 heterocycles. The summed E-state index contributed by atoms with van der Waals surface area (Å²) in [6.07, 6.45) is 3.09. The zero-order valence-corrected chi connectivity index (χ0v) is 11.3. The highest BCUT2D eigenvalue weighted by molar-refractivity contribution is 6.30. The fraction of sp³-hybridized carbons (Fsp3) is 0.231. The van der Waals surface area contributed by atoms with Gasteiger partial charge in [0, 0.05) is 18.2 Å². The van der Waals surface area contributed by atoms with E-state index in [1.807, 2.05) is 23.1 Å². The number of nitrogen functional groups attached to an aromatic ring is 1. The summed E-state index contributed by atoms with van der Waals surface area (Å²) in [5, 5.41) is 0.308. The van der Waals surface area contributed by atoms with Crippen LogP contribution in [0.15, 0.2) is 24.4 Å². The monoisotopic (exact) mass is 289 g/mol. The molecule has 0 amide bonds. The smallest absolute Gasteiger partial charge is 0.223 e. The molecule has 1 atom stereocenters. The predicted molar refractivity (Wildman–Crippen MR) is 75.4 cm³/mol. The lowest BCUT2D eigenvalue weighted by Crippen LogP contribution is -2.33. The van der Waals surface area contributed by atoms with Crippen LogP contribution < -0.4 is 10.6 Å². The maximum atomic E-state index is 11.3. The van der Waals surface area contributed by atoms with Crippen LogP contribution in [0.5, 0.6) is 0 Å². The van der Waals surface area contributed by atoms with Gasteiger partial charge in [0.15, 0.2) is 0 Å². The van der Waals surface area contributed by atoms with Gasteiger partial charge in [-0.15, -0.1) is 0 Å². The number of fused-ring (bicyclic) bond motifs is 1. The molecule has 20 heavy (non-hydrogen) atoms. The first kappa shape index (κ1) is 12.8. The second kappa shape index (κ2) is 5.05. The molecule has 0 aromatic carbocycles. The minimum absolute atomic E-state index is 0.103. The Labute approximate surface area is 120 Å². The zero-order valence-electron chi connectivity index (χ0n) is 10.5. The van der Waals surface area contributed by atoms with Gasteiger partial charge in [0.05, 0.1) is 18.3 Å². The van der Waals surface area contributed by atoms with Crippen molar-refractivity contribution in [2.75, 3.05) is 10.6 Å². The SMILES string of the molecule is Nc1nc(Cl)c2c(n1)N(Cc1ccccn1)C(C=O)C2. The van der Waals surface area contributed by atoms with E-state index in [1.54, 1.807) is 6.20 Å². The first-order valence-corrected chi connectivity index (χ1v) is 6.50. The molecule has 0 radical (unpaired) electrons. The lowest BCUT2D eigenvalue weighted by atomic mass is 10.2. The van der Waals surface area contributed by atoms with Gasteiger partial charge in [0.1, 0.15) is 17.3 Å². The number of aldehydes is 1. The summed E-state index contributed by atoms with van der Waals surface area (Å²) in [6, 6.07) is 5.32. The van der Waals surface area contributed by atoms with Crippen LogP contribution in [0.25, 0.3) is 0 Å². The third-order valence-electron chi connectivity index (χ3n) is 3.25. The number of aromatic nitrogens is 3. The molecule has 0 bridgehead atoms. The average Bonchev–Trinajstić information content (AvgIpc) is 2.78. The molecular weight excluding hydrogens is 278 g/mol. The Balaban J connectivity index is 2.00. The van der Waals surface area contributed by atoms with Gasteiger partial charge in [-0.05, 0) is 12.1 Å². The highest BCUT2D eigenvalue weighted by Crippen LogP contribution is 2.35. The molecule has 1 unspecified atom stereocenters.